The van der Waals surface area contributed by atoms with Crippen molar-refractivity contribution in [3.8, 4) is 28.4 Å². The van der Waals surface area contributed by atoms with E-state index in [-0.39, 0.29) is 29.4 Å². The van der Waals surface area contributed by atoms with Crippen LogP contribution in [-0.2, 0) is 16.1 Å². The third kappa shape index (κ3) is 6.21. The molecular weight excluding hydrogens is 598 g/mol. The van der Waals surface area contributed by atoms with Crippen LogP contribution in [0.25, 0.3) is 16.9 Å². The molecule has 2 aromatic heterocycles. The van der Waals surface area contributed by atoms with Crippen molar-refractivity contribution >= 4 is 29.4 Å². The lowest BCUT2D eigenvalue weighted by Gasteiger charge is -2.24. The van der Waals surface area contributed by atoms with E-state index in [1.807, 2.05) is 91.3 Å². The highest BCUT2D eigenvalue weighted by Crippen LogP contribution is 2.51. The number of benzene rings is 3. The van der Waals surface area contributed by atoms with Crippen LogP contribution < -0.4 is 19.7 Å². The maximum absolute atomic E-state index is 14.1. The normalized spacial score (nSPS) is 14.4. The van der Waals surface area contributed by atoms with E-state index in [4.69, 9.17) is 14.6 Å². The minimum atomic E-state index is -0.372. The first kappa shape index (κ1) is 30.9. The summed E-state index contributed by atoms with van der Waals surface area (Å²) in [5.74, 6) is 1.55. The zero-order chi connectivity index (χ0) is 32.2. The summed E-state index contributed by atoms with van der Waals surface area (Å²) in [5, 5.41) is 7.83. The van der Waals surface area contributed by atoms with Crippen LogP contribution in [-0.4, -0.2) is 53.1 Å². The topological polar surface area (TPSA) is 98.6 Å². The number of hydrogen-bond donors (Lipinski definition) is 1. The molecule has 0 aliphatic carbocycles. The number of fused-ring (bicyclic) bond motifs is 1. The van der Waals surface area contributed by atoms with E-state index >= 15 is 0 Å². The van der Waals surface area contributed by atoms with Crippen LogP contribution >= 0.6 is 11.8 Å². The summed E-state index contributed by atoms with van der Waals surface area (Å²) < 4.78 is 13.3. The number of rotatable bonds is 9. The molecule has 10 heteroatoms. The predicted molar refractivity (Wildman–Crippen MR) is 181 cm³/mol. The minimum Gasteiger partial charge on any atom is -0.497 e. The molecule has 1 atom stereocenters. The number of aryl methyl sites for hydroxylation is 2. The number of thioether (sulfide) groups is 1. The van der Waals surface area contributed by atoms with Crippen molar-refractivity contribution in [3.63, 3.8) is 0 Å². The number of nitrogens with one attached hydrogen (secondary N) is 1. The highest BCUT2D eigenvalue weighted by molar-refractivity contribution is 8.00. The predicted octanol–water partition coefficient (Wildman–Crippen LogP) is 6.05. The van der Waals surface area contributed by atoms with E-state index < -0.39 is 0 Å². The van der Waals surface area contributed by atoms with E-state index in [0.717, 1.165) is 44.8 Å². The summed E-state index contributed by atoms with van der Waals surface area (Å²) in [6.45, 7) is 4.21. The molecule has 0 spiro atoms. The van der Waals surface area contributed by atoms with Crippen molar-refractivity contribution in [2.75, 3.05) is 31.4 Å². The highest BCUT2D eigenvalue weighted by atomic mass is 32.2. The SMILES string of the molecule is COc1ccc(OC)c([C@@H]2SCC(=O)N(CC(=O)NCc3ccncc3)c3c2c(-c2ccccc2)nn3-c2ccc(C)cc2C)c1. The standard InChI is InChI=1S/C36H35N5O4S/c1-23-10-12-29(24(2)18-23)41-36-33(34(39-41)26-8-6-5-7-9-26)35(28-19-27(44-3)11-13-30(28)45-4)46-22-32(43)40(36)21-31(42)38-20-25-14-16-37-17-15-25/h5-19,35H,20-22H2,1-4H3,(H,38,42)/t35-/m0/s1. The van der Waals surface area contributed by atoms with Crippen LogP contribution in [0.1, 0.15) is 33.1 Å². The Morgan fingerprint density at radius 2 is 1.76 bits per heavy atom. The van der Waals surface area contributed by atoms with Crippen molar-refractivity contribution in [2.24, 2.45) is 0 Å². The van der Waals surface area contributed by atoms with Crippen molar-refractivity contribution in [2.45, 2.75) is 25.6 Å². The molecule has 1 N–H and O–H groups in total. The summed E-state index contributed by atoms with van der Waals surface area (Å²) in [7, 11) is 3.26. The Balaban J connectivity index is 1.57. The van der Waals surface area contributed by atoms with Crippen molar-refractivity contribution in [1.82, 2.24) is 20.1 Å². The van der Waals surface area contributed by atoms with E-state index in [9.17, 15) is 9.59 Å². The Kier molecular flexibility index (Phi) is 9.07. The average molecular weight is 634 g/mol. The Bertz CT molecular complexity index is 1880. The molecular formula is C36H35N5O4S. The minimum absolute atomic E-state index is 0.137. The molecule has 1 aliphatic rings. The van der Waals surface area contributed by atoms with Crippen molar-refractivity contribution < 1.29 is 19.1 Å². The van der Waals surface area contributed by atoms with Crippen LogP contribution in [0, 0.1) is 13.8 Å². The van der Waals surface area contributed by atoms with E-state index in [2.05, 4.69) is 16.4 Å². The van der Waals surface area contributed by atoms with Gasteiger partial charge in [-0.15, -0.1) is 11.8 Å². The van der Waals surface area contributed by atoms with Gasteiger partial charge in [0.1, 0.15) is 23.9 Å². The monoisotopic (exact) mass is 633 g/mol. The van der Waals surface area contributed by atoms with Gasteiger partial charge in [-0.25, -0.2) is 4.68 Å². The maximum Gasteiger partial charge on any atom is 0.240 e. The molecule has 234 valence electrons. The highest BCUT2D eigenvalue weighted by Gasteiger charge is 2.39. The van der Waals surface area contributed by atoms with Crippen LogP contribution in [0.15, 0.2) is 91.3 Å². The molecule has 2 amide bonds. The number of aromatic nitrogens is 3. The molecule has 0 radical (unpaired) electrons. The van der Waals surface area contributed by atoms with Gasteiger partial charge in [-0.1, -0.05) is 48.0 Å². The first-order valence-electron chi connectivity index (χ1n) is 14.9. The number of amides is 2. The smallest absolute Gasteiger partial charge is 0.240 e. The second-order valence-electron chi connectivity index (χ2n) is 11.1. The average Bonchev–Trinajstić information content (AvgIpc) is 3.40. The zero-order valence-electron chi connectivity index (χ0n) is 26.2. The molecule has 9 nitrogen and oxygen atoms in total. The second-order valence-corrected chi connectivity index (χ2v) is 12.2. The van der Waals surface area contributed by atoms with Gasteiger partial charge >= 0.3 is 0 Å². The van der Waals surface area contributed by atoms with Crippen LogP contribution in [0.4, 0.5) is 5.82 Å². The Hall–Kier alpha value is -5.09. The fraction of sp³-hybridized carbons (Fsp3) is 0.222. The fourth-order valence-corrected chi connectivity index (χ4v) is 6.94. The molecule has 0 saturated carbocycles. The summed E-state index contributed by atoms with van der Waals surface area (Å²) in [4.78, 5) is 33.3. The van der Waals surface area contributed by atoms with Gasteiger partial charge in [0.15, 0.2) is 0 Å². The number of methoxy groups -OCH3 is 2. The third-order valence-corrected chi connectivity index (χ3v) is 9.21. The van der Waals surface area contributed by atoms with Gasteiger partial charge in [-0.05, 0) is 61.4 Å². The van der Waals surface area contributed by atoms with Gasteiger partial charge in [-0.2, -0.15) is 5.10 Å². The number of nitrogens with zero attached hydrogens (tertiary/aromatic N) is 4. The van der Waals surface area contributed by atoms with E-state index in [1.54, 1.807) is 31.5 Å². The van der Waals surface area contributed by atoms with Crippen LogP contribution in [0.2, 0.25) is 0 Å². The fourth-order valence-electron chi connectivity index (χ4n) is 5.73. The molecule has 3 heterocycles. The van der Waals surface area contributed by atoms with Gasteiger partial charge in [0.2, 0.25) is 11.8 Å². The lowest BCUT2D eigenvalue weighted by atomic mass is 9.98. The molecule has 1 aliphatic heterocycles. The molecule has 5 aromatic rings. The molecule has 3 aromatic carbocycles. The summed E-state index contributed by atoms with van der Waals surface area (Å²) in [6, 6.07) is 25.4. The molecule has 0 bridgehead atoms. The molecule has 0 unspecified atom stereocenters. The van der Waals surface area contributed by atoms with E-state index in [0.29, 0.717) is 23.9 Å². The van der Waals surface area contributed by atoms with Gasteiger partial charge in [0, 0.05) is 35.6 Å². The molecule has 6 rings (SSSR count). The number of anilines is 1. The molecule has 0 fully saturated rings. The summed E-state index contributed by atoms with van der Waals surface area (Å²) in [6.07, 6.45) is 3.37. The summed E-state index contributed by atoms with van der Waals surface area (Å²) in [5.41, 5.74) is 7.12. The lowest BCUT2D eigenvalue weighted by molar-refractivity contribution is -0.123. The quantitative estimate of drug-likeness (QED) is 0.211. The summed E-state index contributed by atoms with van der Waals surface area (Å²) >= 11 is 1.48. The van der Waals surface area contributed by atoms with E-state index in [1.165, 1.54) is 11.8 Å². The zero-order valence-corrected chi connectivity index (χ0v) is 27.0. The van der Waals surface area contributed by atoms with Crippen LogP contribution in [0.3, 0.4) is 0 Å². The third-order valence-electron chi connectivity index (χ3n) is 7.98. The number of carbonyl (C=O) groups excluding carboxylic acids is 2. The van der Waals surface area contributed by atoms with Crippen molar-refractivity contribution in [1.29, 1.82) is 0 Å². The van der Waals surface area contributed by atoms with Crippen molar-refractivity contribution in [3.05, 3.63) is 119 Å². The Labute approximate surface area is 272 Å². The van der Waals surface area contributed by atoms with Gasteiger partial charge in [0.05, 0.1) is 36.6 Å². The van der Waals surface area contributed by atoms with Gasteiger partial charge in [-0.3, -0.25) is 19.5 Å². The van der Waals surface area contributed by atoms with Crippen LogP contribution in [0.5, 0.6) is 11.5 Å². The first-order chi connectivity index (χ1) is 22.4. The molecule has 0 saturated heterocycles. The number of carbonyl (C=O) groups is 2. The molecule has 46 heavy (non-hydrogen) atoms. The Morgan fingerprint density at radius 3 is 2.48 bits per heavy atom. The number of pyridine rings is 1. The number of hydrogen-bond acceptors (Lipinski definition) is 7. The Morgan fingerprint density at radius 1 is 0.978 bits per heavy atom. The van der Waals surface area contributed by atoms with Gasteiger partial charge in [0.25, 0.3) is 0 Å². The number of ether oxygens (including phenoxy) is 2. The largest absolute Gasteiger partial charge is 0.497 e. The maximum atomic E-state index is 14.1. The second kappa shape index (κ2) is 13.5. The lowest BCUT2D eigenvalue weighted by Crippen LogP contribution is -2.42. The first-order valence-corrected chi connectivity index (χ1v) is 16.0. The van der Waals surface area contributed by atoms with Gasteiger partial charge < -0.3 is 14.8 Å².